The molecule has 28 heavy (non-hydrogen) atoms. The van der Waals surface area contributed by atoms with Crippen LogP contribution in [0, 0.1) is 18.8 Å². The number of carboxylic acids is 1. The van der Waals surface area contributed by atoms with Crippen molar-refractivity contribution in [2.75, 3.05) is 18.4 Å². The molecule has 3 fully saturated rings. The third kappa shape index (κ3) is 4.66. The van der Waals surface area contributed by atoms with Gasteiger partial charge in [-0.3, -0.25) is 19.7 Å². The van der Waals surface area contributed by atoms with Gasteiger partial charge in [0.25, 0.3) is 0 Å². The molecular formula is C20H31N5O3. The van der Waals surface area contributed by atoms with Crippen LogP contribution in [0.15, 0.2) is 6.07 Å². The third-order valence-electron chi connectivity index (χ3n) is 6.35. The second kappa shape index (κ2) is 7.73. The van der Waals surface area contributed by atoms with Crippen LogP contribution in [-0.4, -0.2) is 57.0 Å². The van der Waals surface area contributed by atoms with Gasteiger partial charge in [0.2, 0.25) is 0 Å². The van der Waals surface area contributed by atoms with E-state index in [1.165, 1.54) is 25.7 Å². The van der Waals surface area contributed by atoms with Gasteiger partial charge in [-0.15, -0.1) is 0 Å². The van der Waals surface area contributed by atoms with E-state index in [1.807, 2.05) is 17.7 Å². The van der Waals surface area contributed by atoms with Crippen molar-refractivity contribution < 1.29 is 14.7 Å². The summed E-state index contributed by atoms with van der Waals surface area (Å²) in [6, 6.07) is 2.39. The van der Waals surface area contributed by atoms with E-state index in [0.717, 1.165) is 25.1 Å². The van der Waals surface area contributed by atoms with Gasteiger partial charge in [-0.05, 0) is 64.2 Å². The van der Waals surface area contributed by atoms with Crippen molar-refractivity contribution in [3.05, 3.63) is 11.8 Å². The maximum Gasteiger partial charge on any atom is 0.320 e. The maximum absolute atomic E-state index is 12.3. The van der Waals surface area contributed by atoms with Crippen LogP contribution in [0.2, 0.25) is 0 Å². The molecule has 1 heterocycles. The molecule has 3 N–H and O–H groups in total. The molecule has 3 aliphatic rings. The number of anilines is 1. The zero-order valence-electron chi connectivity index (χ0n) is 16.7. The number of carboxylic acid groups (broad SMARTS) is 1. The topological polar surface area (TPSA) is 99.5 Å². The number of amides is 2. The molecule has 4 rings (SSSR count). The summed E-state index contributed by atoms with van der Waals surface area (Å²) in [4.78, 5) is 25.5. The number of nitrogens with zero attached hydrogens (tertiary/aromatic N) is 3. The Hall–Kier alpha value is -2.09. The SMILES string of the molecule is Cc1cc(NC(=O)NC2CC(N(CC(=O)O)CC3CC3)C2)nn1C(C)C1CC1. The van der Waals surface area contributed by atoms with Crippen LogP contribution < -0.4 is 10.6 Å². The first-order chi connectivity index (χ1) is 13.4. The molecule has 0 spiro atoms. The highest BCUT2D eigenvalue weighted by atomic mass is 16.4. The minimum Gasteiger partial charge on any atom is -0.480 e. The summed E-state index contributed by atoms with van der Waals surface area (Å²) in [5.74, 6) is 1.17. The van der Waals surface area contributed by atoms with Crippen molar-refractivity contribution in [2.45, 2.75) is 70.5 Å². The van der Waals surface area contributed by atoms with Gasteiger partial charge in [0.1, 0.15) is 0 Å². The fraction of sp³-hybridized carbons (Fsp3) is 0.750. The molecule has 8 nitrogen and oxygen atoms in total. The van der Waals surface area contributed by atoms with Crippen LogP contribution in [0.1, 0.15) is 57.2 Å². The number of aliphatic carboxylic acids is 1. The van der Waals surface area contributed by atoms with E-state index in [1.54, 1.807) is 0 Å². The van der Waals surface area contributed by atoms with E-state index in [-0.39, 0.29) is 24.7 Å². The normalized spacial score (nSPS) is 25.2. The van der Waals surface area contributed by atoms with E-state index in [4.69, 9.17) is 5.11 Å². The Bertz CT molecular complexity index is 734. The van der Waals surface area contributed by atoms with Crippen molar-refractivity contribution in [2.24, 2.45) is 11.8 Å². The van der Waals surface area contributed by atoms with Crippen LogP contribution >= 0.6 is 0 Å². The molecule has 0 aliphatic heterocycles. The van der Waals surface area contributed by atoms with Gasteiger partial charge >= 0.3 is 12.0 Å². The van der Waals surface area contributed by atoms with Crippen molar-refractivity contribution in [1.29, 1.82) is 0 Å². The van der Waals surface area contributed by atoms with Crippen molar-refractivity contribution in [1.82, 2.24) is 20.0 Å². The number of urea groups is 1. The lowest BCUT2D eigenvalue weighted by atomic mass is 9.85. The minimum atomic E-state index is -0.777. The first-order valence-electron chi connectivity index (χ1n) is 10.5. The van der Waals surface area contributed by atoms with Gasteiger partial charge in [0.05, 0.1) is 12.6 Å². The summed E-state index contributed by atoms with van der Waals surface area (Å²) in [5, 5.41) is 19.5. The quantitative estimate of drug-likeness (QED) is 0.603. The van der Waals surface area contributed by atoms with E-state index in [0.29, 0.717) is 23.7 Å². The lowest BCUT2D eigenvalue weighted by Gasteiger charge is -2.42. The number of carbonyl (C=O) groups is 2. The Labute approximate surface area is 165 Å². The molecule has 0 radical (unpaired) electrons. The smallest absolute Gasteiger partial charge is 0.320 e. The number of aryl methyl sites for hydroxylation is 1. The molecule has 0 aromatic carbocycles. The average Bonchev–Trinajstić information content (AvgIpc) is 3.48. The Morgan fingerprint density at radius 3 is 2.64 bits per heavy atom. The molecule has 3 aliphatic carbocycles. The minimum absolute atomic E-state index is 0.0917. The second-order valence-electron chi connectivity index (χ2n) is 8.88. The van der Waals surface area contributed by atoms with Gasteiger partial charge in [0.15, 0.2) is 5.82 Å². The Morgan fingerprint density at radius 2 is 2.04 bits per heavy atom. The fourth-order valence-corrected chi connectivity index (χ4v) is 4.23. The molecule has 0 saturated heterocycles. The molecule has 1 aromatic rings. The highest BCUT2D eigenvalue weighted by molar-refractivity contribution is 5.88. The van der Waals surface area contributed by atoms with Gasteiger partial charge in [-0.2, -0.15) is 5.10 Å². The summed E-state index contributed by atoms with van der Waals surface area (Å²) < 4.78 is 2.01. The van der Waals surface area contributed by atoms with Crippen LogP contribution in [0.25, 0.3) is 0 Å². The summed E-state index contributed by atoms with van der Waals surface area (Å²) >= 11 is 0. The Morgan fingerprint density at radius 1 is 1.32 bits per heavy atom. The lowest BCUT2D eigenvalue weighted by molar-refractivity contribution is -0.139. The predicted octanol–water partition coefficient (Wildman–Crippen LogP) is 2.61. The van der Waals surface area contributed by atoms with Gasteiger partial charge < -0.3 is 10.4 Å². The van der Waals surface area contributed by atoms with Gasteiger partial charge in [0, 0.05) is 30.4 Å². The fourth-order valence-electron chi connectivity index (χ4n) is 4.23. The van der Waals surface area contributed by atoms with Crippen molar-refractivity contribution in [3.8, 4) is 0 Å². The first-order valence-corrected chi connectivity index (χ1v) is 10.5. The zero-order chi connectivity index (χ0) is 19.8. The standard InChI is InChI=1S/C20H31N5O3/c1-12-7-18(23-25(12)13(2)15-5-6-15)22-20(28)21-16-8-17(9-16)24(11-19(26)27)10-14-3-4-14/h7,13-17H,3-6,8-11H2,1-2H3,(H,26,27)(H2,21,22,23,28). The number of aromatic nitrogens is 2. The summed E-state index contributed by atoms with van der Waals surface area (Å²) in [5.41, 5.74) is 1.06. The van der Waals surface area contributed by atoms with E-state index < -0.39 is 5.97 Å². The average molecular weight is 390 g/mol. The molecular weight excluding hydrogens is 358 g/mol. The molecule has 154 valence electrons. The molecule has 1 atom stereocenters. The van der Waals surface area contributed by atoms with E-state index in [2.05, 4.69) is 27.6 Å². The lowest BCUT2D eigenvalue weighted by Crippen LogP contribution is -2.55. The number of nitrogens with one attached hydrogen (secondary N) is 2. The molecule has 8 heteroatoms. The van der Waals surface area contributed by atoms with Gasteiger partial charge in [-0.1, -0.05) is 0 Å². The van der Waals surface area contributed by atoms with E-state index in [9.17, 15) is 9.59 Å². The number of carbonyl (C=O) groups excluding carboxylic acids is 1. The Balaban J connectivity index is 1.24. The van der Waals surface area contributed by atoms with Crippen LogP contribution in [-0.2, 0) is 4.79 Å². The number of hydrogen-bond acceptors (Lipinski definition) is 4. The van der Waals surface area contributed by atoms with Crippen LogP contribution in [0.4, 0.5) is 10.6 Å². The summed E-state index contributed by atoms with van der Waals surface area (Å²) in [7, 11) is 0. The summed E-state index contributed by atoms with van der Waals surface area (Å²) in [6.07, 6.45) is 6.54. The van der Waals surface area contributed by atoms with Gasteiger partial charge in [-0.25, -0.2) is 4.79 Å². The summed E-state index contributed by atoms with van der Waals surface area (Å²) in [6.45, 7) is 5.16. The molecule has 2 amide bonds. The molecule has 1 aromatic heterocycles. The number of rotatable bonds is 9. The highest BCUT2D eigenvalue weighted by Crippen LogP contribution is 2.40. The van der Waals surface area contributed by atoms with E-state index >= 15 is 0 Å². The largest absolute Gasteiger partial charge is 0.480 e. The van der Waals surface area contributed by atoms with Crippen molar-refractivity contribution in [3.63, 3.8) is 0 Å². The van der Waals surface area contributed by atoms with Crippen molar-refractivity contribution >= 4 is 17.8 Å². The molecule has 3 saturated carbocycles. The third-order valence-corrected chi connectivity index (χ3v) is 6.35. The maximum atomic E-state index is 12.3. The predicted molar refractivity (Wildman–Crippen MR) is 105 cm³/mol. The number of hydrogen-bond donors (Lipinski definition) is 3. The van der Waals surface area contributed by atoms with Crippen LogP contribution in [0.3, 0.4) is 0 Å². The Kier molecular flexibility index (Phi) is 5.31. The van der Waals surface area contributed by atoms with Crippen LogP contribution in [0.5, 0.6) is 0 Å². The molecule has 0 bridgehead atoms. The first kappa shape index (κ1) is 19.2. The zero-order valence-corrected chi connectivity index (χ0v) is 16.7. The monoisotopic (exact) mass is 389 g/mol. The molecule has 1 unspecified atom stereocenters. The highest BCUT2D eigenvalue weighted by Gasteiger charge is 2.38. The second-order valence-corrected chi connectivity index (χ2v) is 8.88.